The Bertz CT molecular complexity index is 973. The lowest BCUT2D eigenvalue weighted by Crippen LogP contribution is -2.32. The number of amides is 1. The predicted octanol–water partition coefficient (Wildman–Crippen LogP) is 4.75. The summed E-state index contributed by atoms with van der Waals surface area (Å²) in [5, 5.41) is 3.12. The number of hydrogen-bond acceptors (Lipinski definition) is 3. The van der Waals surface area contributed by atoms with Gasteiger partial charge in [0.2, 0.25) is 5.91 Å². The van der Waals surface area contributed by atoms with Gasteiger partial charge in [0.05, 0.1) is 5.25 Å². The highest BCUT2D eigenvalue weighted by atomic mass is 32.2. The van der Waals surface area contributed by atoms with E-state index in [1.54, 1.807) is 11.8 Å². The molecule has 0 spiro atoms. The number of nitrogens with one attached hydrogen (secondary N) is 1. The van der Waals surface area contributed by atoms with Gasteiger partial charge in [-0.25, -0.2) is 0 Å². The van der Waals surface area contributed by atoms with E-state index in [2.05, 4.69) is 78.9 Å². The highest BCUT2D eigenvalue weighted by molar-refractivity contribution is 8.01. The van der Waals surface area contributed by atoms with Crippen LogP contribution in [0.15, 0.2) is 77.7 Å². The summed E-state index contributed by atoms with van der Waals surface area (Å²) in [5.74, 6) is 0.113. The van der Waals surface area contributed by atoms with Crippen molar-refractivity contribution in [3.8, 4) is 11.1 Å². The molecule has 1 aliphatic heterocycles. The molecule has 29 heavy (non-hydrogen) atoms. The van der Waals surface area contributed by atoms with Crippen molar-refractivity contribution in [3.05, 3.63) is 89.5 Å². The summed E-state index contributed by atoms with van der Waals surface area (Å²) in [5.41, 5.74) is 6.06. The van der Waals surface area contributed by atoms with Gasteiger partial charge in [0.1, 0.15) is 0 Å². The minimum Gasteiger partial charge on any atom is -0.351 e. The lowest BCUT2D eigenvalue weighted by atomic mass is 9.98. The Labute approximate surface area is 177 Å². The van der Waals surface area contributed by atoms with Crippen LogP contribution in [0.3, 0.4) is 0 Å². The highest BCUT2D eigenvalue weighted by Gasteiger charge is 2.27. The summed E-state index contributed by atoms with van der Waals surface area (Å²) in [4.78, 5) is 16.1. The average Bonchev–Trinajstić information content (AvgIpc) is 3.17. The minimum atomic E-state index is -0.0371. The van der Waals surface area contributed by atoms with E-state index in [1.807, 2.05) is 18.2 Å². The fourth-order valence-electron chi connectivity index (χ4n) is 3.74. The first kappa shape index (κ1) is 19.7. The van der Waals surface area contributed by atoms with Crippen LogP contribution in [0.4, 0.5) is 0 Å². The molecule has 3 aromatic rings. The van der Waals surface area contributed by atoms with Crippen LogP contribution in [0, 0.1) is 0 Å². The Kier molecular flexibility index (Phi) is 6.02. The van der Waals surface area contributed by atoms with Gasteiger partial charge in [0.15, 0.2) is 0 Å². The maximum Gasteiger partial charge on any atom is 0.234 e. The molecule has 0 saturated heterocycles. The lowest BCUT2D eigenvalue weighted by Gasteiger charge is -2.14. The van der Waals surface area contributed by atoms with Gasteiger partial charge in [0, 0.05) is 18.0 Å². The molecule has 3 aromatic carbocycles. The molecular formula is C25H26N2OS. The molecule has 1 N–H and O–H groups in total. The van der Waals surface area contributed by atoms with Crippen LogP contribution >= 0.6 is 11.8 Å². The number of fused-ring (bicyclic) bond motifs is 1. The third-order valence-electron chi connectivity index (χ3n) is 5.17. The van der Waals surface area contributed by atoms with Crippen LogP contribution in [-0.2, 0) is 24.3 Å². The number of carbonyl (C=O) groups excluding carboxylic acids is 1. The van der Waals surface area contributed by atoms with Crippen molar-refractivity contribution in [1.29, 1.82) is 0 Å². The third-order valence-corrected chi connectivity index (χ3v) is 6.49. The smallest absolute Gasteiger partial charge is 0.234 e. The number of rotatable bonds is 6. The Balaban J connectivity index is 1.43. The van der Waals surface area contributed by atoms with Crippen molar-refractivity contribution in [2.45, 2.75) is 29.7 Å². The summed E-state index contributed by atoms with van der Waals surface area (Å²) in [6.07, 6.45) is 0.807. The lowest BCUT2D eigenvalue weighted by molar-refractivity contribution is -0.120. The van der Waals surface area contributed by atoms with Crippen molar-refractivity contribution in [1.82, 2.24) is 10.2 Å². The molecular weight excluding hydrogens is 376 g/mol. The van der Waals surface area contributed by atoms with E-state index in [1.165, 1.54) is 27.1 Å². The van der Waals surface area contributed by atoms with Crippen LogP contribution < -0.4 is 5.32 Å². The highest BCUT2D eigenvalue weighted by Crippen LogP contribution is 2.36. The normalized spacial score (nSPS) is 15.3. The summed E-state index contributed by atoms with van der Waals surface area (Å²) in [7, 11) is 4.15. The number of benzene rings is 3. The molecule has 0 aromatic heterocycles. The zero-order valence-electron chi connectivity index (χ0n) is 16.9. The summed E-state index contributed by atoms with van der Waals surface area (Å²) in [6, 6.07) is 25.3. The second-order valence-corrected chi connectivity index (χ2v) is 8.97. The summed E-state index contributed by atoms with van der Waals surface area (Å²) >= 11 is 1.67. The average molecular weight is 403 g/mol. The van der Waals surface area contributed by atoms with Crippen LogP contribution in [0.5, 0.6) is 0 Å². The van der Waals surface area contributed by atoms with Crippen LogP contribution in [0.25, 0.3) is 11.1 Å². The van der Waals surface area contributed by atoms with Crippen molar-refractivity contribution >= 4 is 17.7 Å². The minimum absolute atomic E-state index is 0.0371. The summed E-state index contributed by atoms with van der Waals surface area (Å²) < 4.78 is 0. The van der Waals surface area contributed by atoms with Gasteiger partial charge in [-0.3, -0.25) is 4.79 Å². The molecule has 3 nitrogen and oxygen atoms in total. The monoisotopic (exact) mass is 402 g/mol. The van der Waals surface area contributed by atoms with E-state index in [4.69, 9.17) is 0 Å². The van der Waals surface area contributed by atoms with Crippen LogP contribution in [-0.4, -0.2) is 30.2 Å². The van der Waals surface area contributed by atoms with Gasteiger partial charge < -0.3 is 10.2 Å². The molecule has 0 radical (unpaired) electrons. The summed E-state index contributed by atoms with van der Waals surface area (Å²) in [6.45, 7) is 1.47. The van der Waals surface area contributed by atoms with Gasteiger partial charge in [-0.05, 0) is 54.4 Å². The Morgan fingerprint density at radius 3 is 2.48 bits per heavy atom. The number of thioether (sulfide) groups is 1. The zero-order chi connectivity index (χ0) is 20.2. The first-order valence-corrected chi connectivity index (χ1v) is 10.8. The quantitative estimate of drug-likeness (QED) is 0.646. The fourth-order valence-corrected chi connectivity index (χ4v) is 4.96. The maximum atomic E-state index is 12.7. The van der Waals surface area contributed by atoms with E-state index in [-0.39, 0.29) is 11.2 Å². The van der Waals surface area contributed by atoms with Crippen LogP contribution in [0.2, 0.25) is 0 Å². The van der Waals surface area contributed by atoms with Gasteiger partial charge in [0.25, 0.3) is 0 Å². The van der Waals surface area contributed by atoms with E-state index in [9.17, 15) is 4.79 Å². The van der Waals surface area contributed by atoms with Gasteiger partial charge in [-0.2, -0.15) is 0 Å². The van der Waals surface area contributed by atoms with Crippen LogP contribution in [0.1, 0.15) is 16.7 Å². The number of hydrogen-bond donors (Lipinski definition) is 1. The molecule has 0 unspecified atom stereocenters. The van der Waals surface area contributed by atoms with E-state index >= 15 is 0 Å². The molecule has 148 valence electrons. The maximum absolute atomic E-state index is 12.7. The second-order valence-electron chi connectivity index (χ2n) is 7.73. The van der Waals surface area contributed by atoms with Gasteiger partial charge >= 0.3 is 0 Å². The Morgan fingerprint density at radius 1 is 1.00 bits per heavy atom. The molecule has 4 heteroatoms. The molecule has 0 aliphatic carbocycles. The van der Waals surface area contributed by atoms with E-state index in [0.717, 1.165) is 18.5 Å². The van der Waals surface area contributed by atoms with Crippen molar-refractivity contribution in [2.75, 3.05) is 14.1 Å². The molecule has 0 saturated carbocycles. The Morgan fingerprint density at radius 2 is 1.72 bits per heavy atom. The Hall–Kier alpha value is -2.56. The largest absolute Gasteiger partial charge is 0.351 e. The SMILES string of the molecule is CN(C)Cc1ccc(-c2ccccc2CNC(=O)[C@@H]2Cc3ccccc3S2)cc1. The van der Waals surface area contributed by atoms with Crippen molar-refractivity contribution in [3.63, 3.8) is 0 Å². The third kappa shape index (κ3) is 4.72. The molecule has 0 fully saturated rings. The fraction of sp³-hybridized carbons (Fsp3) is 0.240. The van der Waals surface area contributed by atoms with Crippen molar-refractivity contribution < 1.29 is 4.79 Å². The molecule has 1 heterocycles. The predicted molar refractivity (Wildman–Crippen MR) is 121 cm³/mol. The van der Waals surface area contributed by atoms with E-state index < -0.39 is 0 Å². The molecule has 4 rings (SSSR count). The second kappa shape index (κ2) is 8.85. The van der Waals surface area contributed by atoms with Crippen molar-refractivity contribution in [2.24, 2.45) is 0 Å². The van der Waals surface area contributed by atoms with E-state index in [0.29, 0.717) is 6.54 Å². The van der Waals surface area contributed by atoms with Gasteiger partial charge in [-0.1, -0.05) is 66.7 Å². The molecule has 0 bridgehead atoms. The molecule has 1 atom stereocenters. The number of carbonyl (C=O) groups is 1. The topological polar surface area (TPSA) is 32.3 Å². The zero-order valence-corrected chi connectivity index (χ0v) is 17.7. The van der Waals surface area contributed by atoms with Gasteiger partial charge in [-0.15, -0.1) is 11.8 Å². The first-order chi connectivity index (χ1) is 14.1. The number of nitrogens with zero attached hydrogens (tertiary/aromatic N) is 1. The standard InChI is InChI=1S/C25H26N2OS/c1-27(2)17-18-11-13-19(14-12-18)22-9-5-3-8-21(22)16-26-25(28)24-15-20-7-4-6-10-23(20)29-24/h3-14,24H,15-17H2,1-2H3,(H,26,28)/t24-/m0/s1. The molecule has 1 amide bonds. The molecule has 1 aliphatic rings. The first-order valence-electron chi connectivity index (χ1n) is 9.94.